The average Bonchev–Trinajstić information content (AvgIpc) is 2.80. The van der Waals surface area contributed by atoms with E-state index in [4.69, 9.17) is 0 Å². The Morgan fingerprint density at radius 3 is 2.69 bits per heavy atom. The molecule has 0 spiro atoms. The lowest BCUT2D eigenvalue weighted by atomic mass is 9.82. The lowest BCUT2D eigenvalue weighted by molar-refractivity contribution is 0.509. The summed E-state index contributed by atoms with van der Waals surface area (Å²) in [5, 5.41) is 2.16. The van der Waals surface area contributed by atoms with E-state index in [-0.39, 0.29) is 5.41 Å². The van der Waals surface area contributed by atoms with Crippen LogP contribution in [0.25, 0.3) is 10.6 Å². The van der Waals surface area contributed by atoms with E-state index in [2.05, 4.69) is 43.3 Å². The molecular weight excluding hydrogens is 214 g/mol. The maximum atomic E-state index is 4.44. The van der Waals surface area contributed by atoms with E-state index < -0.39 is 0 Å². The number of aromatic nitrogens is 1. The van der Waals surface area contributed by atoms with Gasteiger partial charge < -0.3 is 0 Å². The van der Waals surface area contributed by atoms with Crippen LogP contribution in [0, 0.1) is 0 Å². The summed E-state index contributed by atoms with van der Waals surface area (Å²) in [6.45, 7) is 6.82. The lowest BCUT2D eigenvalue weighted by Gasteiger charge is -2.23. The molecule has 0 aliphatic carbocycles. The summed E-state index contributed by atoms with van der Waals surface area (Å²) >= 11 is 1.78. The normalized spacial score (nSPS) is 11.7. The summed E-state index contributed by atoms with van der Waals surface area (Å²) in [4.78, 5) is 5.75. The molecule has 2 heterocycles. The van der Waals surface area contributed by atoms with Crippen molar-refractivity contribution in [2.24, 2.45) is 0 Å². The Kier molecular flexibility index (Phi) is 3.10. The Balaban J connectivity index is 2.49. The Bertz CT molecular complexity index is 457. The van der Waals surface area contributed by atoms with Crippen LogP contribution in [-0.2, 0) is 5.41 Å². The van der Waals surface area contributed by atoms with E-state index in [1.807, 2.05) is 18.3 Å². The molecule has 0 N–H and O–H groups in total. The third kappa shape index (κ3) is 2.03. The Hall–Kier alpha value is -1.15. The largest absolute Gasteiger partial charge is 0.255 e. The van der Waals surface area contributed by atoms with Gasteiger partial charge in [0.1, 0.15) is 0 Å². The zero-order valence-corrected chi connectivity index (χ0v) is 10.8. The van der Waals surface area contributed by atoms with Crippen LogP contribution in [0.3, 0.4) is 0 Å². The Morgan fingerprint density at radius 2 is 2.06 bits per heavy atom. The number of hydrogen-bond donors (Lipinski definition) is 0. The highest BCUT2D eigenvalue weighted by molar-refractivity contribution is 7.13. The van der Waals surface area contributed by atoms with Crippen molar-refractivity contribution in [3.05, 3.63) is 41.4 Å². The maximum absolute atomic E-state index is 4.44. The highest BCUT2D eigenvalue weighted by Gasteiger charge is 2.23. The summed E-state index contributed by atoms with van der Waals surface area (Å²) in [5.74, 6) is 0. The molecule has 0 saturated carbocycles. The first-order valence-electron chi connectivity index (χ1n) is 5.64. The van der Waals surface area contributed by atoms with Crippen LogP contribution in [0.2, 0.25) is 0 Å². The third-order valence-electron chi connectivity index (χ3n) is 3.18. The minimum absolute atomic E-state index is 0.229. The molecule has 0 atom stereocenters. The van der Waals surface area contributed by atoms with Crippen LogP contribution in [0.15, 0.2) is 35.8 Å². The molecule has 0 saturated heterocycles. The molecule has 2 aromatic rings. The van der Waals surface area contributed by atoms with Gasteiger partial charge in [0.05, 0.1) is 10.6 Å². The maximum Gasteiger partial charge on any atom is 0.0804 e. The molecule has 0 radical (unpaired) electrons. The Labute approximate surface area is 101 Å². The summed E-state index contributed by atoms with van der Waals surface area (Å²) in [6, 6.07) is 8.33. The fraction of sp³-hybridized carbons (Fsp3) is 0.357. The molecule has 2 aromatic heterocycles. The van der Waals surface area contributed by atoms with Crippen molar-refractivity contribution in [2.75, 3.05) is 0 Å². The van der Waals surface area contributed by atoms with Crippen LogP contribution >= 0.6 is 11.3 Å². The van der Waals surface area contributed by atoms with E-state index in [1.165, 1.54) is 10.4 Å². The van der Waals surface area contributed by atoms with Gasteiger partial charge in [-0.15, -0.1) is 11.3 Å². The van der Waals surface area contributed by atoms with Gasteiger partial charge in [-0.2, -0.15) is 0 Å². The second-order valence-electron chi connectivity index (χ2n) is 4.62. The van der Waals surface area contributed by atoms with Crippen molar-refractivity contribution in [2.45, 2.75) is 32.6 Å². The SMILES string of the molecule is CCC(C)(C)c1ccsc1-c1ccccn1. The molecule has 0 bridgehead atoms. The molecule has 0 aliphatic rings. The van der Waals surface area contributed by atoms with Gasteiger partial charge in [-0.25, -0.2) is 0 Å². The minimum Gasteiger partial charge on any atom is -0.255 e. The summed E-state index contributed by atoms with van der Waals surface area (Å²) < 4.78 is 0. The predicted molar refractivity (Wildman–Crippen MR) is 70.9 cm³/mol. The number of hydrogen-bond acceptors (Lipinski definition) is 2. The first kappa shape index (κ1) is 11.3. The van der Waals surface area contributed by atoms with E-state index in [9.17, 15) is 0 Å². The molecule has 2 heteroatoms. The number of pyridine rings is 1. The summed E-state index contributed by atoms with van der Waals surface area (Å²) in [7, 11) is 0. The number of rotatable bonds is 3. The standard InChI is InChI=1S/C14H17NS/c1-4-14(2,3)11-8-10-16-13(11)12-7-5-6-9-15-12/h5-10H,4H2,1-3H3. The topological polar surface area (TPSA) is 12.9 Å². The van der Waals surface area contributed by atoms with Crippen LogP contribution in [0.4, 0.5) is 0 Å². The van der Waals surface area contributed by atoms with Crippen molar-refractivity contribution in [3.8, 4) is 10.6 Å². The molecule has 1 nitrogen and oxygen atoms in total. The van der Waals surface area contributed by atoms with E-state index in [0.29, 0.717) is 0 Å². The van der Waals surface area contributed by atoms with Crippen LogP contribution in [0.1, 0.15) is 32.8 Å². The molecule has 0 amide bonds. The quantitative estimate of drug-likeness (QED) is 0.758. The van der Waals surface area contributed by atoms with E-state index in [0.717, 1.165) is 12.1 Å². The van der Waals surface area contributed by atoms with E-state index >= 15 is 0 Å². The molecule has 0 unspecified atom stereocenters. The fourth-order valence-corrected chi connectivity index (χ4v) is 2.78. The van der Waals surface area contributed by atoms with Gasteiger partial charge >= 0.3 is 0 Å². The van der Waals surface area contributed by atoms with Gasteiger partial charge in [-0.1, -0.05) is 26.8 Å². The fourth-order valence-electron chi connectivity index (χ4n) is 1.73. The van der Waals surface area contributed by atoms with Gasteiger partial charge in [0, 0.05) is 6.20 Å². The first-order chi connectivity index (χ1) is 7.65. The smallest absolute Gasteiger partial charge is 0.0804 e. The predicted octanol–water partition coefficient (Wildman–Crippen LogP) is 4.50. The molecular formula is C14H17NS. The summed E-state index contributed by atoms with van der Waals surface area (Å²) in [5.41, 5.74) is 2.74. The zero-order valence-electron chi connectivity index (χ0n) is 10.0. The second-order valence-corrected chi connectivity index (χ2v) is 5.53. The van der Waals surface area contributed by atoms with E-state index in [1.54, 1.807) is 11.3 Å². The highest BCUT2D eigenvalue weighted by Crippen LogP contribution is 2.37. The second kappa shape index (κ2) is 4.38. The van der Waals surface area contributed by atoms with Crippen molar-refractivity contribution >= 4 is 11.3 Å². The van der Waals surface area contributed by atoms with Crippen molar-refractivity contribution in [1.29, 1.82) is 0 Å². The van der Waals surface area contributed by atoms with Crippen LogP contribution in [0.5, 0.6) is 0 Å². The van der Waals surface area contributed by atoms with Crippen molar-refractivity contribution in [3.63, 3.8) is 0 Å². The zero-order chi connectivity index (χ0) is 11.6. The molecule has 0 fully saturated rings. The molecule has 0 aromatic carbocycles. The lowest BCUT2D eigenvalue weighted by Crippen LogP contribution is -2.15. The van der Waals surface area contributed by atoms with Gasteiger partial charge in [-0.05, 0) is 41.0 Å². The van der Waals surface area contributed by atoms with Gasteiger partial charge in [0.25, 0.3) is 0 Å². The van der Waals surface area contributed by atoms with Gasteiger partial charge in [0.15, 0.2) is 0 Å². The number of nitrogens with zero attached hydrogens (tertiary/aromatic N) is 1. The average molecular weight is 231 g/mol. The first-order valence-corrected chi connectivity index (χ1v) is 6.52. The minimum atomic E-state index is 0.229. The van der Waals surface area contributed by atoms with Gasteiger partial charge in [0.2, 0.25) is 0 Å². The van der Waals surface area contributed by atoms with Gasteiger partial charge in [-0.3, -0.25) is 4.98 Å². The van der Waals surface area contributed by atoms with Crippen LogP contribution < -0.4 is 0 Å². The molecule has 2 rings (SSSR count). The monoisotopic (exact) mass is 231 g/mol. The number of thiophene rings is 1. The van der Waals surface area contributed by atoms with Crippen molar-refractivity contribution < 1.29 is 0 Å². The molecule has 0 aliphatic heterocycles. The third-order valence-corrected chi connectivity index (χ3v) is 4.11. The van der Waals surface area contributed by atoms with Crippen molar-refractivity contribution in [1.82, 2.24) is 4.98 Å². The van der Waals surface area contributed by atoms with Crippen LogP contribution in [-0.4, -0.2) is 4.98 Å². The highest BCUT2D eigenvalue weighted by atomic mass is 32.1. The summed E-state index contributed by atoms with van der Waals surface area (Å²) in [6.07, 6.45) is 3.00. The Morgan fingerprint density at radius 1 is 1.25 bits per heavy atom. The molecule has 16 heavy (non-hydrogen) atoms. The molecule has 84 valence electrons.